The summed E-state index contributed by atoms with van der Waals surface area (Å²) in [6.45, 7) is 3.80. The summed E-state index contributed by atoms with van der Waals surface area (Å²) in [7, 11) is 2.19. The average Bonchev–Trinajstić information content (AvgIpc) is 2.78. The van der Waals surface area contributed by atoms with Gasteiger partial charge in [0.25, 0.3) is 0 Å². The third-order valence-corrected chi connectivity index (χ3v) is 4.08. The van der Waals surface area contributed by atoms with Gasteiger partial charge in [0.05, 0.1) is 0 Å². The molecule has 1 aliphatic rings. The first-order valence-corrected chi connectivity index (χ1v) is 6.48. The van der Waals surface area contributed by atoms with E-state index in [0.29, 0.717) is 0 Å². The van der Waals surface area contributed by atoms with Gasteiger partial charge in [0.15, 0.2) is 0 Å². The number of nitrogens with zero attached hydrogens (tertiary/aromatic N) is 2. The molecule has 0 unspecified atom stereocenters. The highest BCUT2D eigenvalue weighted by atomic mass is 15.2. The van der Waals surface area contributed by atoms with Crippen molar-refractivity contribution in [3.63, 3.8) is 0 Å². The molecule has 3 nitrogen and oxygen atoms in total. The molecule has 1 aromatic heterocycles. The number of hydrogen-bond donors (Lipinski definition) is 1. The molecule has 94 valence electrons. The number of rotatable bonds is 4. The third kappa shape index (κ3) is 2.67. The molecule has 3 heteroatoms. The van der Waals surface area contributed by atoms with Gasteiger partial charge in [-0.3, -0.25) is 9.88 Å². The fraction of sp³-hybridized carbons (Fsp3) is 0.643. The van der Waals surface area contributed by atoms with E-state index in [1.807, 2.05) is 12.4 Å². The first-order chi connectivity index (χ1) is 8.16. The Morgan fingerprint density at radius 3 is 2.65 bits per heavy atom. The molecule has 1 aromatic rings. The molecule has 0 radical (unpaired) electrons. The Morgan fingerprint density at radius 2 is 2.06 bits per heavy atom. The van der Waals surface area contributed by atoms with Crippen LogP contribution in [-0.4, -0.2) is 29.0 Å². The zero-order valence-corrected chi connectivity index (χ0v) is 10.9. The van der Waals surface area contributed by atoms with Crippen LogP contribution < -0.4 is 5.73 Å². The minimum Gasteiger partial charge on any atom is -0.329 e. The molecule has 17 heavy (non-hydrogen) atoms. The van der Waals surface area contributed by atoms with Crippen LogP contribution in [0.2, 0.25) is 0 Å². The second-order valence-electron chi connectivity index (χ2n) is 5.36. The molecule has 1 heterocycles. The molecule has 0 aromatic carbocycles. The molecular formula is C14H23N3. The van der Waals surface area contributed by atoms with Gasteiger partial charge >= 0.3 is 0 Å². The van der Waals surface area contributed by atoms with Crippen LogP contribution in [-0.2, 0) is 6.54 Å². The third-order valence-electron chi connectivity index (χ3n) is 4.08. The largest absolute Gasteiger partial charge is 0.329 e. The SMILES string of the molecule is Cc1cncc(CN(C)C2(CN)CCCC2)c1. The second-order valence-corrected chi connectivity index (χ2v) is 5.36. The van der Waals surface area contributed by atoms with Crippen LogP contribution in [0.5, 0.6) is 0 Å². The van der Waals surface area contributed by atoms with Gasteiger partial charge in [-0.05, 0) is 37.9 Å². The molecule has 1 aliphatic carbocycles. The smallest absolute Gasteiger partial charge is 0.0332 e. The number of nitrogens with two attached hydrogens (primary N) is 1. The molecule has 2 rings (SSSR count). The number of likely N-dealkylation sites (N-methyl/N-ethyl adjacent to an activating group) is 1. The fourth-order valence-electron chi connectivity index (χ4n) is 2.92. The van der Waals surface area contributed by atoms with E-state index in [2.05, 4.69) is 29.9 Å². The Balaban J connectivity index is 2.07. The maximum atomic E-state index is 6.00. The summed E-state index contributed by atoms with van der Waals surface area (Å²) in [5.74, 6) is 0. The molecule has 0 amide bonds. The van der Waals surface area contributed by atoms with E-state index in [1.54, 1.807) is 0 Å². The summed E-state index contributed by atoms with van der Waals surface area (Å²) in [4.78, 5) is 6.68. The molecule has 0 spiro atoms. The Kier molecular flexibility index (Phi) is 3.79. The van der Waals surface area contributed by atoms with E-state index >= 15 is 0 Å². The normalized spacial score (nSPS) is 18.8. The van der Waals surface area contributed by atoms with Crippen molar-refractivity contribution < 1.29 is 0 Å². The molecule has 2 N–H and O–H groups in total. The maximum Gasteiger partial charge on any atom is 0.0332 e. The summed E-state index contributed by atoms with van der Waals surface area (Å²) in [6, 6.07) is 2.21. The Bertz CT molecular complexity index is 369. The van der Waals surface area contributed by atoms with Gasteiger partial charge in [-0.25, -0.2) is 0 Å². The van der Waals surface area contributed by atoms with Gasteiger partial charge < -0.3 is 5.73 Å². The monoisotopic (exact) mass is 233 g/mol. The summed E-state index contributed by atoms with van der Waals surface area (Å²) < 4.78 is 0. The van der Waals surface area contributed by atoms with Crippen LogP contribution in [0.25, 0.3) is 0 Å². The molecule has 0 aliphatic heterocycles. The van der Waals surface area contributed by atoms with Crippen molar-refractivity contribution in [3.05, 3.63) is 29.6 Å². The predicted octanol–water partition coefficient (Wildman–Crippen LogP) is 2.09. The Morgan fingerprint density at radius 1 is 1.35 bits per heavy atom. The molecule has 0 saturated heterocycles. The zero-order valence-electron chi connectivity index (χ0n) is 10.9. The number of aryl methyl sites for hydroxylation is 1. The minimum absolute atomic E-state index is 0.226. The summed E-state index contributed by atoms with van der Waals surface area (Å²) in [6.07, 6.45) is 8.96. The van der Waals surface area contributed by atoms with Crippen LogP contribution in [0, 0.1) is 6.92 Å². The van der Waals surface area contributed by atoms with Crippen molar-refractivity contribution in [3.8, 4) is 0 Å². The second kappa shape index (κ2) is 5.15. The highest BCUT2D eigenvalue weighted by Crippen LogP contribution is 2.34. The van der Waals surface area contributed by atoms with Crippen LogP contribution >= 0.6 is 0 Å². The lowest BCUT2D eigenvalue weighted by Gasteiger charge is -2.38. The van der Waals surface area contributed by atoms with E-state index in [1.165, 1.54) is 36.8 Å². The predicted molar refractivity (Wildman–Crippen MR) is 70.7 cm³/mol. The highest BCUT2D eigenvalue weighted by molar-refractivity contribution is 5.17. The van der Waals surface area contributed by atoms with E-state index in [9.17, 15) is 0 Å². The number of aromatic nitrogens is 1. The van der Waals surface area contributed by atoms with Crippen molar-refractivity contribution in [2.24, 2.45) is 5.73 Å². The quantitative estimate of drug-likeness (QED) is 0.866. The van der Waals surface area contributed by atoms with Crippen molar-refractivity contribution in [1.29, 1.82) is 0 Å². The van der Waals surface area contributed by atoms with Crippen molar-refractivity contribution in [2.45, 2.75) is 44.7 Å². The van der Waals surface area contributed by atoms with Crippen LogP contribution in [0.15, 0.2) is 18.5 Å². The molecular weight excluding hydrogens is 210 g/mol. The first kappa shape index (κ1) is 12.5. The highest BCUT2D eigenvalue weighted by Gasteiger charge is 2.36. The number of hydrogen-bond acceptors (Lipinski definition) is 3. The molecule has 1 saturated carbocycles. The first-order valence-electron chi connectivity index (χ1n) is 6.48. The zero-order chi connectivity index (χ0) is 12.3. The average molecular weight is 233 g/mol. The van der Waals surface area contributed by atoms with E-state index in [0.717, 1.165) is 13.1 Å². The lowest BCUT2D eigenvalue weighted by atomic mass is 9.95. The Labute approximate surface area is 104 Å². The Hall–Kier alpha value is -0.930. The van der Waals surface area contributed by atoms with Gasteiger partial charge in [0.2, 0.25) is 0 Å². The fourth-order valence-corrected chi connectivity index (χ4v) is 2.92. The molecule has 0 atom stereocenters. The van der Waals surface area contributed by atoms with Crippen molar-refractivity contribution >= 4 is 0 Å². The van der Waals surface area contributed by atoms with Gasteiger partial charge in [-0.2, -0.15) is 0 Å². The summed E-state index contributed by atoms with van der Waals surface area (Å²) in [5.41, 5.74) is 8.73. The van der Waals surface area contributed by atoms with Crippen molar-refractivity contribution in [2.75, 3.05) is 13.6 Å². The van der Waals surface area contributed by atoms with Crippen LogP contribution in [0.1, 0.15) is 36.8 Å². The maximum absolute atomic E-state index is 6.00. The van der Waals surface area contributed by atoms with E-state index in [4.69, 9.17) is 5.73 Å². The van der Waals surface area contributed by atoms with Gasteiger partial charge in [-0.15, -0.1) is 0 Å². The van der Waals surface area contributed by atoms with E-state index in [-0.39, 0.29) is 5.54 Å². The lowest BCUT2D eigenvalue weighted by Crippen LogP contribution is -2.49. The standard InChI is InChI=1S/C14H23N3/c1-12-7-13(9-16-8-12)10-17(2)14(11-15)5-3-4-6-14/h7-9H,3-6,10-11,15H2,1-2H3. The van der Waals surface area contributed by atoms with Gasteiger partial charge in [0, 0.05) is 31.0 Å². The minimum atomic E-state index is 0.226. The topological polar surface area (TPSA) is 42.2 Å². The lowest BCUT2D eigenvalue weighted by molar-refractivity contribution is 0.124. The molecule has 0 bridgehead atoms. The summed E-state index contributed by atoms with van der Waals surface area (Å²) in [5, 5.41) is 0. The van der Waals surface area contributed by atoms with Crippen LogP contribution in [0.3, 0.4) is 0 Å². The van der Waals surface area contributed by atoms with E-state index < -0.39 is 0 Å². The summed E-state index contributed by atoms with van der Waals surface area (Å²) >= 11 is 0. The molecule has 1 fully saturated rings. The van der Waals surface area contributed by atoms with Crippen molar-refractivity contribution in [1.82, 2.24) is 9.88 Å². The van der Waals surface area contributed by atoms with Crippen LogP contribution in [0.4, 0.5) is 0 Å². The van der Waals surface area contributed by atoms with Gasteiger partial charge in [0.1, 0.15) is 0 Å². The van der Waals surface area contributed by atoms with Gasteiger partial charge in [-0.1, -0.05) is 18.9 Å². The number of pyridine rings is 1.